The number of ether oxygens (including phenoxy) is 1. The molecule has 2 aromatic carbocycles. The van der Waals surface area contributed by atoms with Gasteiger partial charge in [0.2, 0.25) is 0 Å². The van der Waals surface area contributed by atoms with E-state index in [-0.39, 0.29) is 0 Å². The Balaban J connectivity index is 1.71. The molecule has 0 spiro atoms. The fraction of sp³-hybridized carbons (Fsp3) is 0.158. The van der Waals surface area contributed by atoms with Gasteiger partial charge in [-0.1, -0.05) is 23.7 Å². The van der Waals surface area contributed by atoms with Gasteiger partial charge in [-0.3, -0.25) is 0 Å². The molecule has 0 aliphatic rings. The molecule has 0 saturated heterocycles. The second-order valence-corrected chi connectivity index (χ2v) is 5.95. The van der Waals surface area contributed by atoms with Crippen LogP contribution in [-0.2, 0) is 12.7 Å². The zero-order valence-electron chi connectivity index (χ0n) is 13.7. The highest BCUT2D eigenvalue weighted by Gasteiger charge is 2.30. The summed E-state index contributed by atoms with van der Waals surface area (Å²) in [5.41, 5.74) is 0.435. The smallest absolute Gasteiger partial charge is 0.416 e. The van der Waals surface area contributed by atoms with Crippen LogP contribution < -0.4 is 10.1 Å². The number of anilines is 1. The van der Waals surface area contributed by atoms with E-state index in [1.165, 1.54) is 13.2 Å². The molecule has 136 valence electrons. The van der Waals surface area contributed by atoms with Crippen LogP contribution in [0.3, 0.4) is 0 Å². The van der Waals surface area contributed by atoms with E-state index in [9.17, 15) is 13.2 Å². The Hall–Kier alpha value is -2.60. The fourth-order valence-electron chi connectivity index (χ4n) is 2.44. The summed E-state index contributed by atoms with van der Waals surface area (Å²) in [7, 11) is 1.53. The highest BCUT2D eigenvalue weighted by molar-refractivity contribution is 6.32. The van der Waals surface area contributed by atoms with Crippen molar-refractivity contribution in [2.75, 3.05) is 12.4 Å². The van der Waals surface area contributed by atoms with Crippen molar-refractivity contribution < 1.29 is 22.3 Å². The topological polar surface area (TPSA) is 34.4 Å². The van der Waals surface area contributed by atoms with Gasteiger partial charge in [-0.15, -0.1) is 0 Å². The number of nitrogens with one attached hydrogen (secondary N) is 1. The average Bonchev–Trinajstić information content (AvgIpc) is 3.08. The summed E-state index contributed by atoms with van der Waals surface area (Å²) < 4.78 is 49.2. The van der Waals surface area contributed by atoms with Crippen LogP contribution in [0.5, 0.6) is 5.75 Å². The lowest BCUT2D eigenvalue weighted by atomic mass is 10.1. The Labute approximate surface area is 153 Å². The standard InChI is InChI=1S/C19H15ClF3NO2/c1-25-18-7-5-14(10-16(18)20)24-11-15-6-8-17(26-15)12-3-2-4-13(9-12)19(21,22)23/h2-10,24H,11H2,1H3. The van der Waals surface area contributed by atoms with Crippen molar-refractivity contribution >= 4 is 17.3 Å². The summed E-state index contributed by atoms with van der Waals surface area (Å²) in [6.07, 6.45) is -4.39. The molecule has 1 aromatic heterocycles. The number of methoxy groups -OCH3 is 1. The predicted octanol–water partition coefficient (Wildman–Crippen LogP) is 6.24. The first-order chi connectivity index (χ1) is 12.4. The van der Waals surface area contributed by atoms with Crippen molar-refractivity contribution in [1.29, 1.82) is 0 Å². The minimum absolute atomic E-state index is 0.363. The van der Waals surface area contributed by atoms with E-state index in [4.69, 9.17) is 20.8 Å². The molecule has 0 bridgehead atoms. The van der Waals surface area contributed by atoms with Gasteiger partial charge in [0, 0.05) is 11.3 Å². The first kappa shape index (κ1) is 18.2. The first-order valence-corrected chi connectivity index (χ1v) is 8.08. The maximum Gasteiger partial charge on any atom is 0.416 e. The second-order valence-electron chi connectivity index (χ2n) is 5.55. The normalized spacial score (nSPS) is 11.4. The predicted molar refractivity (Wildman–Crippen MR) is 94.5 cm³/mol. The Bertz CT molecular complexity index is 906. The van der Waals surface area contributed by atoms with E-state index in [2.05, 4.69) is 5.32 Å². The molecule has 1 N–H and O–H groups in total. The molecule has 0 radical (unpaired) electrons. The molecule has 1 heterocycles. The number of hydrogen-bond acceptors (Lipinski definition) is 3. The van der Waals surface area contributed by atoms with Gasteiger partial charge in [0.25, 0.3) is 0 Å². The summed E-state index contributed by atoms with van der Waals surface area (Å²) in [6.45, 7) is 0.363. The molecule has 0 atom stereocenters. The van der Waals surface area contributed by atoms with Gasteiger partial charge >= 0.3 is 6.18 Å². The van der Waals surface area contributed by atoms with E-state index in [1.54, 1.807) is 36.4 Å². The van der Waals surface area contributed by atoms with E-state index < -0.39 is 11.7 Å². The van der Waals surface area contributed by atoms with Gasteiger partial charge < -0.3 is 14.5 Å². The van der Waals surface area contributed by atoms with Crippen molar-refractivity contribution in [2.45, 2.75) is 12.7 Å². The molecule has 0 aliphatic heterocycles. The monoisotopic (exact) mass is 381 g/mol. The number of rotatable bonds is 5. The lowest BCUT2D eigenvalue weighted by molar-refractivity contribution is -0.137. The third kappa shape index (κ3) is 4.14. The molecule has 0 aliphatic carbocycles. The molecule has 0 fully saturated rings. The summed E-state index contributed by atoms with van der Waals surface area (Å²) in [5.74, 6) is 1.53. The molecule has 0 saturated carbocycles. The number of furan rings is 1. The molecule has 26 heavy (non-hydrogen) atoms. The Morgan fingerprint density at radius 2 is 1.88 bits per heavy atom. The maximum absolute atomic E-state index is 12.8. The molecule has 0 unspecified atom stereocenters. The highest BCUT2D eigenvalue weighted by Crippen LogP contribution is 2.33. The molecule has 3 nitrogen and oxygen atoms in total. The van der Waals surface area contributed by atoms with Gasteiger partial charge in [-0.2, -0.15) is 13.2 Å². The van der Waals surface area contributed by atoms with Gasteiger partial charge in [0.1, 0.15) is 17.3 Å². The minimum atomic E-state index is -4.39. The molecule has 0 amide bonds. The Kier molecular flexibility index (Phi) is 5.13. The fourth-order valence-corrected chi connectivity index (χ4v) is 2.70. The van der Waals surface area contributed by atoms with E-state index in [0.29, 0.717) is 34.4 Å². The molecular formula is C19H15ClF3NO2. The summed E-state index contributed by atoms with van der Waals surface area (Å²) in [4.78, 5) is 0. The summed E-state index contributed by atoms with van der Waals surface area (Å²) >= 11 is 6.07. The van der Waals surface area contributed by atoms with Gasteiger partial charge in [0.15, 0.2) is 0 Å². The van der Waals surface area contributed by atoms with Crippen molar-refractivity contribution in [1.82, 2.24) is 0 Å². The molecule has 7 heteroatoms. The number of halogens is 4. The van der Waals surface area contributed by atoms with Crippen LogP contribution in [-0.4, -0.2) is 7.11 Å². The number of alkyl halides is 3. The average molecular weight is 382 g/mol. The summed E-state index contributed by atoms with van der Waals surface area (Å²) in [6, 6.07) is 13.7. The van der Waals surface area contributed by atoms with Crippen molar-refractivity contribution in [3.05, 3.63) is 70.9 Å². The Morgan fingerprint density at radius 3 is 2.58 bits per heavy atom. The van der Waals surface area contributed by atoms with E-state index >= 15 is 0 Å². The highest BCUT2D eigenvalue weighted by atomic mass is 35.5. The maximum atomic E-state index is 12.8. The lowest BCUT2D eigenvalue weighted by Crippen LogP contribution is -2.04. The largest absolute Gasteiger partial charge is 0.495 e. The van der Waals surface area contributed by atoms with Crippen molar-refractivity contribution in [3.8, 4) is 17.1 Å². The number of benzene rings is 2. The third-order valence-electron chi connectivity index (χ3n) is 3.75. The quantitative estimate of drug-likeness (QED) is 0.568. The van der Waals surface area contributed by atoms with Crippen LogP contribution in [0.25, 0.3) is 11.3 Å². The van der Waals surface area contributed by atoms with Crippen molar-refractivity contribution in [3.63, 3.8) is 0 Å². The van der Waals surface area contributed by atoms with Crippen LogP contribution in [0.1, 0.15) is 11.3 Å². The van der Waals surface area contributed by atoms with Crippen LogP contribution in [0.2, 0.25) is 5.02 Å². The number of hydrogen-bond donors (Lipinski definition) is 1. The van der Waals surface area contributed by atoms with Gasteiger partial charge in [0.05, 0.1) is 24.2 Å². The van der Waals surface area contributed by atoms with Crippen LogP contribution in [0.4, 0.5) is 18.9 Å². The van der Waals surface area contributed by atoms with E-state index in [0.717, 1.165) is 17.8 Å². The SMILES string of the molecule is COc1ccc(NCc2ccc(-c3cccc(C(F)(F)F)c3)o2)cc1Cl. The van der Waals surface area contributed by atoms with Crippen LogP contribution in [0, 0.1) is 0 Å². The van der Waals surface area contributed by atoms with Gasteiger partial charge in [-0.05, 0) is 42.5 Å². The molecular weight excluding hydrogens is 367 g/mol. The molecule has 3 aromatic rings. The lowest BCUT2D eigenvalue weighted by Gasteiger charge is -2.08. The Morgan fingerprint density at radius 1 is 1.08 bits per heavy atom. The molecule has 3 rings (SSSR count). The zero-order chi connectivity index (χ0) is 18.7. The third-order valence-corrected chi connectivity index (χ3v) is 4.05. The first-order valence-electron chi connectivity index (χ1n) is 7.70. The second kappa shape index (κ2) is 7.33. The van der Waals surface area contributed by atoms with Crippen molar-refractivity contribution in [2.24, 2.45) is 0 Å². The van der Waals surface area contributed by atoms with Gasteiger partial charge in [-0.25, -0.2) is 0 Å². The van der Waals surface area contributed by atoms with Crippen LogP contribution in [0.15, 0.2) is 59.0 Å². The zero-order valence-corrected chi connectivity index (χ0v) is 14.5. The van der Waals surface area contributed by atoms with Crippen LogP contribution >= 0.6 is 11.6 Å². The summed E-state index contributed by atoms with van der Waals surface area (Å²) in [5, 5.41) is 3.61. The minimum Gasteiger partial charge on any atom is -0.495 e. The van der Waals surface area contributed by atoms with E-state index in [1.807, 2.05) is 0 Å².